The standard InChI is InChI=1S/C17H19ClN2O/c18-15-2-1-3-16(12-15)20-10-8-19(9-11-20)13-14-4-6-17(21)7-5-14/h1-7,12,21H,8-11,13H2. The van der Waals surface area contributed by atoms with Crippen molar-refractivity contribution in [3.8, 4) is 5.75 Å². The number of aromatic hydroxyl groups is 1. The van der Waals surface area contributed by atoms with Gasteiger partial charge in [0.1, 0.15) is 5.75 Å². The minimum atomic E-state index is 0.324. The highest BCUT2D eigenvalue weighted by molar-refractivity contribution is 6.30. The highest BCUT2D eigenvalue weighted by Crippen LogP contribution is 2.21. The van der Waals surface area contributed by atoms with E-state index < -0.39 is 0 Å². The zero-order chi connectivity index (χ0) is 14.7. The van der Waals surface area contributed by atoms with Crippen LogP contribution in [0.4, 0.5) is 5.69 Å². The van der Waals surface area contributed by atoms with Gasteiger partial charge >= 0.3 is 0 Å². The quantitative estimate of drug-likeness (QED) is 0.942. The summed E-state index contributed by atoms with van der Waals surface area (Å²) in [7, 11) is 0. The molecule has 0 unspecified atom stereocenters. The molecule has 0 amide bonds. The average molecular weight is 303 g/mol. The minimum Gasteiger partial charge on any atom is -0.508 e. The van der Waals surface area contributed by atoms with Crippen molar-refractivity contribution in [2.45, 2.75) is 6.54 Å². The van der Waals surface area contributed by atoms with Crippen LogP contribution in [0.2, 0.25) is 5.02 Å². The normalized spacial score (nSPS) is 16.1. The highest BCUT2D eigenvalue weighted by Gasteiger charge is 2.17. The van der Waals surface area contributed by atoms with Gasteiger partial charge in [-0.1, -0.05) is 29.8 Å². The molecule has 3 rings (SSSR count). The van der Waals surface area contributed by atoms with Crippen LogP contribution in [0.5, 0.6) is 5.75 Å². The van der Waals surface area contributed by atoms with Gasteiger partial charge in [0.15, 0.2) is 0 Å². The third kappa shape index (κ3) is 3.69. The molecule has 0 atom stereocenters. The van der Waals surface area contributed by atoms with Crippen molar-refractivity contribution in [3.05, 3.63) is 59.1 Å². The zero-order valence-electron chi connectivity index (χ0n) is 11.9. The Hall–Kier alpha value is -1.71. The van der Waals surface area contributed by atoms with Crippen LogP contribution in [0.3, 0.4) is 0 Å². The van der Waals surface area contributed by atoms with Gasteiger partial charge in [-0.15, -0.1) is 0 Å². The van der Waals surface area contributed by atoms with Crippen molar-refractivity contribution in [1.29, 1.82) is 0 Å². The van der Waals surface area contributed by atoms with Gasteiger partial charge in [0.05, 0.1) is 0 Å². The van der Waals surface area contributed by atoms with Crippen LogP contribution in [0.1, 0.15) is 5.56 Å². The van der Waals surface area contributed by atoms with Gasteiger partial charge in [-0.25, -0.2) is 0 Å². The number of halogens is 1. The maximum atomic E-state index is 9.31. The Bertz CT molecular complexity index is 592. The van der Waals surface area contributed by atoms with Gasteiger partial charge in [0, 0.05) is 43.4 Å². The fraction of sp³-hybridized carbons (Fsp3) is 0.294. The number of phenolic OH excluding ortho intramolecular Hbond substituents is 1. The third-order valence-corrected chi connectivity index (χ3v) is 4.12. The van der Waals surface area contributed by atoms with Crippen molar-refractivity contribution in [2.75, 3.05) is 31.1 Å². The first-order valence-electron chi connectivity index (χ1n) is 7.21. The van der Waals surface area contributed by atoms with Crippen molar-refractivity contribution in [2.24, 2.45) is 0 Å². The number of hydrogen-bond acceptors (Lipinski definition) is 3. The largest absolute Gasteiger partial charge is 0.508 e. The average Bonchev–Trinajstić information content (AvgIpc) is 2.50. The molecule has 0 bridgehead atoms. The van der Waals surface area contributed by atoms with Gasteiger partial charge in [-0.05, 0) is 35.9 Å². The predicted octanol–water partition coefficient (Wildman–Crippen LogP) is 3.37. The molecule has 1 fully saturated rings. The highest BCUT2D eigenvalue weighted by atomic mass is 35.5. The van der Waals surface area contributed by atoms with E-state index >= 15 is 0 Å². The summed E-state index contributed by atoms with van der Waals surface area (Å²) < 4.78 is 0. The predicted molar refractivity (Wildman–Crippen MR) is 87.0 cm³/mol. The summed E-state index contributed by atoms with van der Waals surface area (Å²) in [6.45, 7) is 5.03. The first-order chi connectivity index (χ1) is 10.2. The Balaban J connectivity index is 1.56. The molecule has 0 spiro atoms. The molecule has 110 valence electrons. The SMILES string of the molecule is Oc1ccc(CN2CCN(c3cccc(Cl)c3)CC2)cc1. The van der Waals surface area contributed by atoms with Crippen LogP contribution in [-0.2, 0) is 6.54 Å². The molecule has 4 heteroatoms. The number of nitrogens with zero attached hydrogens (tertiary/aromatic N) is 2. The molecule has 21 heavy (non-hydrogen) atoms. The summed E-state index contributed by atoms with van der Waals surface area (Å²) in [4.78, 5) is 4.81. The number of hydrogen-bond donors (Lipinski definition) is 1. The minimum absolute atomic E-state index is 0.324. The van der Waals surface area contributed by atoms with E-state index in [0.717, 1.165) is 37.7 Å². The van der Waals surface area contributed by atoms with E-state index in [0.29, 0.717) is 5.75 Å². The van der Waals surface area contributed by atoms with Crippen LogP contribution in [0.25, 0.3) is 0 Å². The lowest BCUT2D eigenvalue weighted by Gasteiger charge is -2.36. The molecule has 1 aliphatic heterocycles. The van der Waals surface area contributed by atoms with E-state index in [1.165, 1.54) is 11.3 Å². The van der Waals surface area contributed by atoms with E-state index in [2.05, 4.69) is 15.9 Å². The molecular formula is C17H19ClN2O. The first-order valence-corrected chi connectivity index (χ1v) is 7.59. The van der Waals surface area contributed by atoms with Crippen LogP contribution in [-0.4, -0.2) is 36.2 Å². The molecule has 0 aliphatic carbocycles. The van der Waals surface area contributed by atoms with Crippen LogP contribution < -0.4 is 4.90 Å². The number of phenols is 1. The van der Waals surface area contributed by atoms with Crippen molar-refractivity contribution >= 4 is 17.3 Å². The van der Waals surface area contributed by atoms with Gasteiger partial charge in [-0.2, -0.15) is 0 Å². The maximum absolute atomic E-state index is 9.31. The van der Waals surface area contributed by atoms with E-state index in [1.54, 1.807) is 12.1 Å². The Morgan fingerprint density at radius 3 is 2.33 bits per heavy atom. The maximum Gasteiger partial charge on any atom is 0.115 e. The topological polar surface area (TPSA) is 26.7 Å². The molecule has 1 aliphatic rings. The van der Waals surface area contributed by atoms with Crippen molar-refractivity contribution in [3.63, 3.8) is 0 Å². The van der Waals surface area contributed by atoms with E-state index in [-0.39, 0.29) is 0 Å². The smallest absolute Gasteiger partial charge is 0.115 e. The molecule has 0 aromatic heterocycles. The second kappa shape index (κ2) is 6.37. The lowest BCUT2D eigenvalue weighted by molar-refractivity contribution is 0.250. The van der Waals surface area contributed by atoms with Crippen LogP contribution in [0, 0.1) is 0 Å². The summed E-state index contributed by atoms with van der Waals surface area (Å²) in [5.41, 5.74) is 2.44. The summed E-state index contributed by atoms with van der Waals surface area (Å²) in [6.07, 6.45) is 0. The summed E-state index contributed by atoms with van der Waals surface area (Å²) in [5.74, 6) is 0.324. The van der Waals surface area contributed by atoms with E-state index in [1.807, 2.05) is 30.3 Å². The van der Waals surface area contributed by atoms with Gasteiger partial charge in [-0.3, -0.25) is 4.90 Å². The molecule has 2 aromatic carbocycles. The molecule has 2 aromatic rings. The lowest BCUT2D eigenvalue weighted by atomic mass is 10.2. The number of rotatable bonds is 3. The lowest BCUT2D eigenvalue weighted by Crippen LogP contribution is -2.45. The number of anilines is 1. The van der Waals surface area contributed by atoms with E-state index in [4.69, 9.17) is 11.6 Å². The Labute approximate surface area is 130 Å². The van der Waals surface area contributed by atoms with Crippen molar-refractivity contribution < 1.29 is 5.11 Å². The first kappa shape index (κ1) is 14.2. The van der Waals surface area contributed by atoms with Gasteiger partial charge in [0.25, 0.3) is 0 Å². The molecule has 3 nitrogen and oxygen atoms in total. The second-order valence-electron chi connectivity index (χ2n) is 5.41. The number of piperazine rings is 1. The Kier molecular flexibility index (Phi) is 4.32. The Morgan fingerprint density at radius 1 is 0.952 bits per heavy atom. The van der Waals surface area contributed by atoms with Gasteiger partial charge < -0.3 is 10.0 Å². The van der Waals surface area contributed by atoms with Gasteiger partial charge in [0.2, 0.25) is 0 Å². The molecular weight excluding hydrogens is 284 g/mol. The molecule has 1 heterocycles. The summed E-state index contributed by atoms with van der Waals surface area (Å²) >= 11 is 6.06. The van der Waals surface area contributed by atoms with Crippen LogP contribution in [0.15, 0.2) is 48.5 Å². The van der Waals surface area contributed by atoms with Crippen molar-refractivity contribution in [1.82, 2.24) is 4.90 Å². The van der Waals surface area contributed by atoms with Crippen LogP contribution >= 0.6 is 11.6 Å². The summed E-state index contributed by atoms with van der Waals surface area (Å²) in [5, 5.41) is 10.1. The molecule has 1 N–H and O–H groups in total. The third-order valence-electron chi connectivity index (χ3n) is 3.89. The zero-order valence-corrected chi connectivity index (χ0v) is 12.6. The fourth-order valence-electron chi connectivity index (χ4n) is 2.70. The monoisotopic (exact) mass is 302 g/mol. The Morgan fingerprint density at radius 2 is 1.67 bits per heavy atom. The van der Waals surface area contributed by atoms with E-state index in [9.17, 15) is 5.11 Å². The molecule has 0 radical (unpaired) electrons. The molecule has 1 saturated heterocycles. The summed E-state index contributed by atoms with van der Waals surface area (Å²) in [6, 6.07) is 15.5. The fourth-order valence-corrected chi connectivity index (χ4v) is 2.88. The number of benzene rings is 2. The molecule has 0 saturated carbocycles. The second-order valence-corrected chi connectivity index (χ2v) is 5.85.